The van der Waals surface area contributed by atoms with Gasteiger partial charge in [-0.25, -0.2) is 8.42 Å². The number of alkyl halides is 2. The van der Waals surface area contributed by atoms with Crippen LogP contribution in [-0.2, 0) is 9.84 Å². The molecule has 0 fully saturated rings. The maximum absolute atomic E-state index is 12.6. The minimum absolute atomic E-state index is 0.193. The summed E-state index contributed by atoms with van der Waals surface area (Å²) < 4.78 is 48.0. The fourth-order valence-electron chi connectivity index (χ4n) is 2.43. The molecule has 0 unspecified atom stereocenters. The molecule has 5 nitrogen and oxygen atoms in total. The first-order valence-corrected chi connectivity index (χ1v) is 9.39. The van der Waals surface area contributed by atoms with Crippen LogP contribution in [0.2, 0.25) is 0 Å². The Morgan fingerprint density at radius 2 is 1.62 bits per heavy atom. The molecule has 2 rings (SSSR count). The molecular weight excluding hydrogens is 362 g/mol. The number of nitrogens with zero attached hydrogens (tertiary/aromatic N) is 1. The fraction of sp³-hybridized carbons (Fsp3) is 0.278. The number of rotatable bonds is 7. The molecule has 0 aromatic heterocycles. The van der Waals surface area contributed by atoms with E-state index in [9.17, 15) is 22.0 Å². The summed E-state index contributed by atoms with van der Waals surface area (Å²) >= 11 is 0. The van der Waals surface area contributed by atoms with Gasteiger partial charge >= 0.3 is 5.76 Å². The number of sulfone groups is 1. The van der Waals surface area contributed by atoms with Crippen molar-refractivity contribution in [1.82, 2.24) is 10.2 Å². The van der Waals surface area contributed by atoms with Crippen molar-refractivity contribution < 1.29 is 22.0 Å². The van der Waals surface area contributed by atoms with Crippen LogP contribution in [0.5, 0.6) is 0 Å². The van der Waals surface area contributed by atoms with E-state index in [4.69, 9.17) is 0 Å². The van der Waals surface area contributed by atoms with E-state index in [0.29, 0.717) is 6.54 Å². The Hall–Kier alpha value is -2.32. The normalized spacial score (nSPS) is 13.0. The zero-order valence-corrected chi connectivity index (χ0v) is 15.2. The largest absolute Gasteiger partial charge is 0.344 e. The molecule has 26 heavy (non-hydrogen) atoms. The van der Waals surface area contributed by atoms with Gasteiger partial charge in [0.25, 0.3) is 5.91 Å². The molecular formula is C18H20F2N2O3S. The predicted octanol–water partition coefficient (Wildman–Crippen LogP) is 2.72. The van der Waals surface area contributed by atoms with Crippen molar-refractivity contribution in [1.29, 1.82) is 0 Å². The number of likely N-dealkylation sites (N-methyl/N-ethyl adjacent to an activating group) is 1. The molecule has 0 aliphatic rings. The first-order chi connectivity index (χ1) is 12.2. The number of hydrogen-bond donors (Lipinski definition) is 1. The van der Waals surface area contributed by atoms with Crippen molar-refractivity contribution in [2.75, 3.05) is 20.6 Å². The summed E-state index contributed by atoms with van der Waals surface area (Å²) in [6.45, 7) is 0.563. The number of carbonyl (C=O) groups excluding carboxylic acids is 1. The van der Waals surface area contributed by atoms with Crippen LogP contribution < -0.4 is 5.32 Å². The third-order valence-electron chi connectivity index (χ3n) is 3.73. The minimum Gasteiger partial charge on any atom is -0.344 e. The monoisotopic (exact) mass is 382 g/mol. The number of carbonyl (C=O) groups is 1. The maximum Gasteiger partial charge on any atom is 0.341 e. The average Bonchev–Trinajstić information content (AvgIpc) is 2.61. The van der Waals surface area contributed by atoms with Gasteiger partial charge in [-0.15, -0.1) is 0 Å². The molecule has 1 amide bonds. The van der Waals surface area contributed by atoms with Crippen LogP contribution in [0.15, 0.2) is 59.5 Å². The van der Waals surface area contributed by atoms with Crippen LogP contribution in [0, 0.1) is 0 Å². The van der Waals surface area contributed by atoms with Gasteiger partial charge in [-0.1, -0.05) is 30.3 Å². The van der Waals surface area contributed by atoms with E-state index in [1.165, 1.54) is 12.1 Å². The summed E-state index contributed by atoms with van der Waals surface area (Å²) in [6, 6.07) is 13.6. The van der Waals surface area contributed by atoms with Crippen molar-refractivity contribution in [2.45, 2.75) is 16.7 Å². The van der Waals surface area contributed by atoms with Crippen molar-refractivity contribution in [3.05, 3.63) is 65.7 Å². The molecule has 0 bridgehead atoms. The second kappa shape index (κ2) is 8.37. The third-order valence-corrected chi connectivity index (χ3v) is 5.13. The smallest absolute Gasteiger partial charge is 0.341 e. The van der Waals surface area contributed by atoms with Crippen molar-refractivity contribution >= 4 is 15.7 Å². The summed E-state index contributed by atoms with van der Waals surface area (Å²) in [5.41, 5.74) is 1.12. The zero-order valence-electron chi connectivity index (χ0n) is 14.4. The molecule has 1 N–H and O–H groups in total. The molecule has 140 valence electrons. The highest BCUT2D eigenvalue weighted by Crippen LogP contribution is 2.19. The topological polar surface area (TPSA) is 66.5 Å². The van der Waals surface area contributed by atoms with Crippen LogP contribution in [0.4, 0.5) is 8.78 Å². The second-order valence-electron chi connectivity index (χ2n) is 6.03. The lowest BCUT2D eigenvalue weighted by Gasteiger charge is -2.23. The van der Waals surface area contributed by atoms with E-state index < -0.39 is 26.4 Å². The van der Waals surface area contributed by atoms with Crippen LogP contribution in [0.25, 0.3) is 0 Å². The van der Waals surface area contributed by atoms with Gasteiger partial charge in [0.1, 0.15) is 0 Å². The number of halogens is 2. The van der Waals surface area contributed by atoms with Gasteiger partial charge in [0.05, 0.1) is 10.9 Å². The summed E-state index contributed by atoms with van der Waals surface area (Å²) in [4.78, 5) is 13.9. The van der Waals surface area contributed by atoms with Gasteiger partial charge < -0.3 is 10.2 Å². The molecule has 0 saturated carbocycles. The summed E-state index contributed by atoms with van der Waals surface area (Å²) in [5, 5.41) is 2.88. The Bertz CT molecular complexity index is 838. The number of benzene rings is 2. The zero-order chi connectivity index (χ0) is 19.3. The SMILES string of the molecule is CN(C)C[C@H](NC(=O)c1ccc(S(=O)(=O)C(F)F)cc1)c1ccccc1. The van der Waals surface area contributed by atoms with Crippen LogP contribution in [-0.4, -0.2) is 45.6 Å². The Morgan fingerprint density at radius 3 is 2.12 bits per heavy atom. The average molecular weight is 382 g/mol. The highest BCUT2D eigenvalue weighted by Gasteiger charge is 2.26. The molecule has 0 heterocycles. The van der Waals surface area contributed by atoms with Crippen molar-refractivity contribution in [3.8, 4) is 0 Å². The van der Waals surface area contributed by atoms with Gasteiger partial charge in [-0.3, -0.25) is 4.79 Å². The molecule has 2 aromatic rings. The van der Waals surface area contributed by atoms with E-state index in [1.807, 2.05) is 49.3 Å². The lowest BCUT2D eigenvalue weighted by molar-refractivity contribution is 0.0930. The Morgan fingerprint density at radius 1 is 1.04 bits per heavy atom. The molecule has 0 aliphatic heterocycles. The van der Waals surface area contributed by atoms with Crippen LogP contribution in [0.3, 0.4) is 0 Å². The number of amides is 1. The quantitative estimate of drug-likeness (QED) is 0.800. The van der Waals surface area contributed by atoms with Crippen molar-refractivity contribution in [3.63, 3.8) is 0 Å². The first kappa shape index (κ1) is 20.0. The first-order valence-electron chi connectivity index (χ1n) is 7.84. The van der Waals surface area contributed by atoms with E-state index in [-0.39, 0.29) is 11.6 Å². The van der Waals surface area contributed by atoms with Gasteiger partial charge in [0.2, 0.25) is 9.84 Å². The molecule has 2 aromatic carbocycles. The van der Waals surface area contributed by atoms with Crippen molar-refractivity contribution in [2.24, 2.45) is 0 Å². The summed E-state index contributed by atoms with van der Waals surface area (Å²) in [5.74, 6) is -3.91. The molecule has 1 atom stereocenters. The molecule has 0 radical (unpaired) electrons. The summed E-state index contributed by atoms with van der Waals surface area (Å²) in [7, 11) is -0.911. The molecule has 0 spiro atoms. The molecule has 8 heteroatoms. The number of nitrogens with one attached hydrogen (secondary N) is 1. The lowest BCUT2D eigenvalue weighted by atomic mass is 10.1. The maximum atomic E-state index is 12.6. The van der Waals surface area contributed by atoms with Gasteiger partial charge in [0.15, 0.2) is 0 Å². The van der Waals surface area contributed by atoms with E-state index >= 15 is 0 Å². The van der Waals surface area contributed by atoms with Gasteiger partial charge in [-0.2, -0.15) is 8.78 Å². The second-order valence-corrected chi connectivity index (χ2v) is 7.95. The molecule has 0 saturated heterocycles. The highest BCUT2D eigenvalue weighted by atomic mass is 32.2. The minimum atomic E-state index is -4.67. The molecule has 0 aliphatic carbocycles. The van der Waals surface area contributed by atoms with Gasteiger partial charge in [-0.05, 0) is 43.9 Å². The highest BCUT2D eigenvalue weighted by molar-refractivity contribution is 7.91. The standard InChI is InChI=1S/C18H20F2N2O3S/c1-22(2)12-16(13-6-4-3-5-7-13)21-17(23)14-8-10-15(11-9-14)26(24,25)18(19)20/h3-11,16,18H,12H2,1-2H3,(H,21,23)/t16-/m0/s1. The van der Waals surface area contributed by atoms with Gasteiger partial charge in [0, 0.05) is 12.1 Å². The van der Waals surface area contributed by atoms with Crippen LogP contribution in [0.1, 0.15) is 22.0 Å². The Labute approximate surface area is 151 Å². The number of hydrogen-bond acceptors (Lipinski definition) is 4. The third kappa shape index (κ3) is 4.86. The Balaban J connectivity index is 2.19. The Kier molecular flexibility index (Phi) is 6.44. The van der Waals surface area contributed by atoms with E-state index in [0.717, 1.165) is 17.7 Å². The fourth-order valence-corrected chi connectivity index (χ4v) is 3.15. The van der Waals surface area contributed by atoms with E-state index in [2.05, 4.69) is 5.32 Å². The van der Waals surface area contributed by atoms with E-state index in [1.54, 1.807) is 0 Å². The lowest BCUT2D eigenvalue weighted by Crippen LogP contribution is -2.35. The predicted molar refractivity (Wildman–Crippen MR) is 94.8 cm³/mol. The van der Waals surface area contributed by atoms with Crippen LogP contribution >= 0.6 is 0 Å². The summed E-state index contributed by atoms with van der Waals surface area (Å²) in [6.07, 6.45) is 0.